The third-order valence-corrected chi connectivity index (χ3v) is 4.61. The zero-order valence-corrected chi connectivity index (χ0v) is 12.3. The molecule has 0 saturated heterocycles. The summed E-state index contributed by atoms with van der Waals surface area (Å²) in [5.74, 6) is 0. The SMILES string of the molecule is CCc1ccc(CC(N)c2cc(Cl)ccc2C)s1. The molecule has 0 fully saturated rings. The largest absolute Gasteiger partial charge is 0.324 e. The van der Waals surface area contributed by atoms with Crippen molar-refractivity contribution in [3.8, 4) is 0 Å². The summed E-state index contributed by atoms with van der Waals surface area (Å²) >= 11 is 7.89. The van der Waals surface area contributed by atoms with Gasteiger partial charge >= 0.3 is 0 Å². The van der Waals surface area contributed by atoms with Crippen molar-refractivity contribution in [2.24, 2.45) is 5.73 Å². The van der Waals surface area contributed by atoms with Gasteiger partial charge in [-0.05, 0) is 48.7 Å². The van der Waals surface area contributed by atoms with E-state index in [1.165, 1.54) is 15.3 Å². The van der Waals surface area contributed by atoms with Gasteiger partial charge in [-0.3, -0.25) is 0 Å². The lowest BCUT2D eigenvalue weighted by Gasteiger charge is -2.14. The maximum absolute atomic E-state index is 6.30. The molecule has 0 saturated carbocycles. The molecular formula is C15H18ClNS. The molecule has 3 heteroatoms. The van der Waals surface area contributed by atoms with Crippen LogP contribution in [0.5, 0.6) is 0 Å². The molecule has 0 amide bonds. The van der Waals surface area contributed by atoms with Crippen LogP contribution < -0.4 is 5.73 Å². The average molecular weight is 280 g/mol. The maximum Gasteiger partial charge on any atom is 0.0409 e. The average Bonchev–Trinajstić information content (AvgIpc) is 2.80. The summed E-state index contributed by atoms with van der Waals surface area (Å²) in [5, 5.41) is 0.756. The van der Waals surface area contributed by atoms with E-state index in [1.54, 1.807) is 0 Å². The van der Waals surface area contributed by atoms with E-state index in [2.05, 4.69) is 26.0 Å². The Morgan fingerprint density at radius 1 is 1.22 bits per heavy atom. The van der Waals surface area contributed by atoms with Crippen molar-refractivity contribution in [2.45, 2.75) is 32.7 Å². The second kappa shape index (κ2) is 5.87. The highest BCUT2D eigenvalue weighted by atomic mass is 35.5. The van der Waals surface area contributed by atoms with Gasteiger partial charge in [-0.1, -0.05) is 24.6 Å². The number of nitrogens with two attached hydrogens (primary N) is 1. The van der Waals surface area contributed by atoms with Crippen molar-refractivity contribution < 1.29 is 0 Å². The molecule has 96 valence electrons. The van der Waals surface area contributed by atoms with Gasteiger partial charge in [0.25, 0.3) is 0 Å². The summed E-state index contributed by atoms with van der Waals surface area (Å²) < 4.78 is 0. The van der Waals surface area contributed by atoms with Crippen LogP contribution in [0.1, 0.15) is 33.8 Å². The molecule has 2 rings (SSSR count). The number of aryl methyl sites for hydroxylation is 2. The van der Waals surface area contributed by atoms with Crippen LogP contribution in [0.4, 0.5) is 0 Å². The fraction of sp³-hybridized carbons (Fsp3) is 0.333. The summed E-state index contributed by atoms with van der Waals surface area (Å²) in [6.45, 7) is 4.26. The number of hydrogen-bond donors (Lipinski definition) is 1. The molecular weight excluding hydrogens is 262 g/mol. The van der Waals surface area contributed by atoms with Crippen LogP contribution in [0.25, 0.3) is 0 Å². The van der Waals surface area contributed by atoms with E-state index in [-0.39, 0.29) is 6.04 Å². The maximum atomic E-state index is 6.30. The molecule has 0 aliphatic heterocycles. The Morgan fingerprint density at radius 3 is 2.61 bits per heavy atom. The van der Waals surface area contributed by atoms with Crippen molar-refractivity contribution in [1.29, 1.82) is 0 Å². The normalized spacial score (nSPS) is 12.7. The Hall–Kier alpha value is -0.830. The molecule has 0 aliphatic carbocycles. The highest BCUT2D eigenvalue weighted by Gasteiger charge is 2.11. The number of hydrogen-bond acceptors (Lipinski definition) is 2. The lowest BCUT2D eigenvalue weighted by molar-refractivity contribution is 0.725. The van der Waals surface area contributed by atoms with Crippen molar-refractivity contribution in [2.75, 3.05) is 0 Å². The minimum Gasteiger partial charge on any atom is -0.324 e. The molecule has 1 aromatic carbocycles. The minimum atomic E-state index is 0.0204. The van der Waals surface area contributed by atoms with Crippen LogP contribution in [-0.4, -0.2) is 0 Å². The first-order chi connectivity index (χ1) is 8.60. The topological polar surface area (TPSA) is 26.0 Å². The molecule has 0 radical (unpaired) electrons. The van der Waals surface area contributed by atoms with Crippen LogP contribution in [0.2, 0.25) is 5.02 Å². The summed E-state index contributed by atoms with van der Waals surface area (Å²) in [5.41, 5.74) is 8.65. The van der Waals surface area contributed by atoms with Gasteiger partial charge in [0.05, 0.1) is 0 Å². The summed E-state index contributed by atoms with van der Waals surface area (Å²) in [7, 11) is 0. The molecule has 18 heavy (non-hydrogen) atoms. The standard InChI is InChI=1S/C15H18ClNS/c1-3-12-6-7-13(18-12)9-15(17)14-8-11(16)5-4-10(14)2/h4-8,15H,3,9,17H2,1-2H3. The van der Waals surface area contributed by atoms with Gasteiger partial charge in [0.1, 0.15) is 0 Å². The second-order valence-electron chi connectivity index (χ2n) is 4.53. The molecule has 1 atom stereocenters. The van der Waals surface area contributed by atoms with Crippen LogP contribution >= 0.6 is 22.9 Å². The zero-order chi connectivity index (χ0) is 13.1. The van der Waals surface area contributed by atoms with E-state index in [1.807, 2.05) is 29.5 Å². The summed E-state index contributed by atoms with van der Waals surface area (Å²) in [4.78, 5) is 2.76. The molecule has 0 aliphatic rings. The van der Waals surface area contributed by atoms with Crippen LogP contribution in [0.3, 0.4) is 0 Å². The van der Waals surface area contributed by atoms with Crippen molar-refractivity contribution in [3.05, 3.63) is 56.2 Å². The minimum absolute atomic E-state index is 0.0204. The predicted octanol–water partition coefficient (Wildman–Crippen LogP) is 4.51. The predicted molar refractivity (Wildman–Crippen MR) is 80.5 cm³/mol. The van der Waals surface area contributed by atoms with Crippen LogP contribution in [0, 0.1) is 6.92 Å². The number of rotatable bonds is 4. The molecule has 1 nitrogen and oxygen atoms in total. The van der Waals surface area contributed by atoms with Gasteiger partial charge in [0.15, 0.2) is 0 Å². The highest BCUT2D eigenvalue weighted by molar-refractivity contribution is 7.11. The Labute approximate surface area is 118 Å². The zero-order valence-electron chi connectivity index (χ0n) is 10.7. The smallest absolute Gasteiger partial charge is 0.0409 e. The molecule has 1 aromatic heterocycles. The Bertz CT molecular complexity index is 533. The monoisotopic (exact) mass is 279 g/mol. The number of benzene rings is 1. The van der Waals surface area contributed by atoms with Gasteiger partial charge in [0, 0.05) is 27.2 Å². The van der Waals surface area contributed by atoms with E-state index in [0.717, 1.165) is 23.4 Å². The third kappa shape index (κ3) is 3.14. The van der Waals surface area contributed by atoms with Crippen molar-refractivity contribution in [1.82, 2.24) is 0 Å². The van der Waals surface area contributed by atoms with E-state index in [9.17, 15) is 0 Å². The Morgan fingerprint density at radius 2 is 1.94 bits per heavy atom. The lowest BCUT2D eigenvalue weighted by Crippen LogP contribution is -2.14. The first kappa shape index (κ1) is 13.6. The first-order valence-electron chi connectivity index (χ1n) is 6.19. The summed E-state index contributed by atoms with van der Waals surface area (Å²) in [6, 6.07) is 10.3. The molecule has 0 spiro atoms. The van der Waals surface area contributed by atoms with Crippen LogP contribution in [0.15, 0.2) is 30.3 Å². The fourth-order valence-corrected chi connectivity index (χ4v) is 3.26. The number of thiophene rings is 1. The first-order valence-corrected chi connectivity index (χ1v) is 7.38. The van der Waals surface area contributed by atoms with Gasteiger partial charge in [-0.2, -0.15) is 0 Å². The van der Waals surface area contributed by atoms with Gasteiger partial charge < -0.3 is 5.73 Å². The van der Waals surface area contributed by atoms with E-state index < -0.39 is 0 Å². The van der Waals surface area contributed by atoms with E-state index in [4.69, 9.17) is 17.3 Å². The van der Waals surface area contributed by atoms with Gasteiger partial charge in [0.2, 0.25) is 0 Å². The van der Waals surface area contributed by atoms with Crippen molar-refractivity contribution >= 4 is 22.9 Å². The van der Waals surface area contributed by atoms with E-state index >= 15 is 0 Å². The lowest BCUT2D eigenvalue weighted by atomic mass is 9.99. The van der Waals surface area contributed by atoms with Crippen LogP contribution in [-0.2, 0) is 12.8 Å². The Balaban J connectivity index is 2.16. The van der Waals surface area contributed by atoms with Gasteiger partial charge in [-0.15, -0.1) is 11.3 Å². The molecule has 1 heterocycles. The summed E-state index contributed by atoms with van der Waals surface area (Å²) in [6.07, 6.45) is 1.97. The van der Waals surface area contributed by atoms with Gasteiger partial charge in [-0.25, -0.2) is 0 Å². The van der Waals surface area contributed by atoms with E-state index in [0.29, 0.717) is 0 Å². The second-order valence-corrected chi connectivity index (χ2v) is 6.22. The highest BCUT2D eigenvalue weighted by Crippen LogP contribution is 2.26. The molecule has 1 unspecified atom stereocenters. The molecule has 0 bridgehead atoms. The molecule has 2 N–H and O–H groups in total. The molecule has 2 aromatic rings. The fourth-order valence-electron chi connectivity index (χ4n) is 2.06. The third-order valence-electron chi connectivity index (χ3n) is 3.13. The number of halogens is 1. The Kier molecular flexibility index (Phi) is 4.44. The van der Waals surface area contributed by atoms with Crippen molar-refractivity contribution in [3.63, 3.8) is 0 Å². The quantitative estimate of drug-likeness (QED) is 0.875.